The Morgan fingerprint density at radius 1 is 0.638 bits per heavy atom. The lowest BCUT2D eigenvalue weighted by Gasteiger charge is -2.44. The van der Waals surface area contributed by atoms with Gasteiger partial charge in [-0.1, -0.05) is 146 Å². The van der Waals surface area contributed by atoms with Crippen molar-refractivity contribution in [3.8, 4) is 0 Å². The van der Waals surface area contributed by atoms with E-state index in [1.54, 1.807) is 7.11 Å². The number of likely N-dealkylation sites (tertiary alicyclic amines) is 1. The average Bonchev–Trinajstić information content (AvgIpc) is 3.12. The van der Waals surface area contributed by atoms with Crippen LogP contribution in [0.1, 0.15) is 39.3 Å². The summed E-state index contributed by atoms with van der Waals surface area (Å²) in [6.07, 6.45) is -0.551. The molecule has 5 nitrogen and oxygen atoms in total. The van der Waals surface area contributed by atoms with Crippen molar-refractivity contribution >= 4 is 0 Å². The van der Waals surface area contributed by atoms with Crippen LogP contribution in [0.2, 0.25) is 0 Å². The lowest BCUT2D eigenvalue weighted by Crippen LogP contribution is -2.50. The molecule has 1 aliphatic heterocycles. The third kappa shape index (κ3) is 7.90. The third-order valence-electron chi connectivity index (χ3n) is 9.23. The molecule has 0 bridgehead atoms. The molecule has 0 aromatic heterocycles. The highest BCUT2D eigenvalue weighted by molar-refractivity contribution is 5.47. The van der Waals surface area contributed by atoms with E-state index in [0.717, 1.165) is 40.9 Å². The van der Waals surface area contributed by atoms with Gasteiger partial charge in [-0.25, -0.2) is 0 Å². The van der Waals surface area contributed by atoms with Gasteiger partial charge in [-0.2, -0.15) is 0 Å². The Kier molecular flexibility index (Phi) is 11.3. The summed E-state index contributed by atoms with van der Waals surface area (Å²) in [7, 11) is 1.68. The van der Waals surface area contributed by atoms with Crippen LogP contribution in [0.4, 0.5) is 0 Å². The Bertz CT molecular complexity index is 1520. The highest BCUT2D eigenvalue weighted by Crippen LogP contribution is 2.43. The standard InChI is InChI=1S/C42H45NO4/c1-45-26-27-46-31-34-22-24-35(25-23-34)41-36(29-43(30-40(41)44)28-33-14-6-2-7-15-33)32-47-42(37-16-8-3-9-17-37,38-18-10-4-11-19-38)39-20-12-5-13-21-39/h2-25,36,40-41,44H,26-32H2,1H3/t36-,40-,41-/m0/s1. The largest absolute Gasteiger partial charge is 0.391 e. The molecule has 0 amide bonds. The first-order valence-corrected chi connectivity index (χ1v) is 16.6. The smallest absolute Gasteiger partial charge is 0.143 e. The van der Waals surface area contributed by atoms with Gasteiger partial charge in [-0.05, 0) is 33.4 Å². The molecule has 0 spiro atoms. The number of aliphatic hydroxyl groups is 1. The van der Waals surface area contributed by atoms with Gasteiger partial charge in [-0.3, -0.25) is 4.90 Å². The molecule has 1 fully saturated rings. The molecule has 6 rings (SSSR count). The van der Waals surface area contributed by atoms with E-state index < -0.39 is 11.7 Å². The predicted molar refractivity (Wildman–Crippen MR) is 187 cm³/mol. The molecule has 0 unspecified atom stereocenters. The lowest BCUT2D eigenvalue weighted by molar-refractivity contribution is -0.0570. The van der Waals surface area contributed by atoms with Crippen LogP contribution >= 0.6 is 0 Å². The van der Waals surface area contributed by atoms with E-state index in [4.69, 9.17) is 14.2 Å². The minimum absolute atomic E-state index is 0.0294. The first-order valence-electron chi connectivity index (χ1n) is 16.6. The molecule has 1 aliphatic rings. The minimum atomic E-state index is -0.829. The molecule has 1 saturated heterocycles. The molecule has 0 aliphatic carbocycles. The zero-order chi connectivity index (χ0) is 32.3. The number of piperidine rings is 1. The second kappa shape index (κ2) is 16.1. The number of ether oxygens (including phenoxy) is 3. The van der Waals surface area contributed by atoms with Gasteiger partial charge in [0.15, 0.2) is 0 Å². The van der Waals surface area contributed by atoms with Crippen LogP contribution in [0, 0.1) is 5.92 Å². The molecule has 1 heterocycles. The summed E-state index contributed by atoms with van der Waals surface area (Å²) in [5, 5.41) is 11.9. The Labute approximate surface area is 279 Å². The highest BCUT2D eigenvalue weighted by atomic mass is 16.5. The fourth-order valence-corrected chi connectivity index (χ4v) is 7.00. The van der Waals surface area contributed by atoms with Crippen LogP contribution < -0.4 is 0 Å². The van der Waals surface area contributed by atoms with E-state index in [9.17, 15) is 5.11 Å². The van der Waals surface area contributed by atoms with E-state index >= 15 is 0 Å². The first-order chi connectivity index (χ1) is 23.2. The quantitative estimate of drug-likeness (QED) is 0.103. The Balaban J connectivity index is 1.34. The molecular formula is C42H45NO4. The first kappa shape index (κ1) is 32.8. The summed E-state index contributed by atoms with van der Waals surface area (Å²) in [5.74, 6) is -0.0627. The van der Waals surface area contributed by atoms with Gasteiger partial charge in [0.05, 0.1) is 32.5 Å². The van der Waals surface area contributed by atoms with Crippen molar-refractivity contribution in [2.75, 3.05) is 40.0 Å². The van der Waals surface area contributed by atoms with Crippen LogP contribution in [0.15, 0.2) is 146 Å². The molecule has 242 valence electrons. The fraction of sp³-hybridized carbons (Fsp3) is 0.286. The van der Waals surface area contributed by atoms with Crippen molar-refractivity contribution in [3.63, 3.8) is 0 Å². The van der Waals surface area contributed by atoms with Crippen LogP contribution in [0.25, 0.3) is 0 Å². The molecule has 5 aromatic rings. The summed E-state index contributed by atoms with van der Waals surface area (Å²) in [6, 6.07) is 50.6. The zero-order valence-corrected chi connectivity index (χ0v) is 27.2. The van der Waals surface area contributed by atoms with E-state index in [2.05, 4.69) is 126 Å². The number of benzene rings is 5. The highest BCUT2D eigenvalue weighted by Gasteiger charge is 2.42. The van der Waals surface area contributed by atoms with Crippen LogP contribution in [-0.2, 0) is 33.0 Å². The summed E-state index contributed by atoms with van der Waals surface area (Å²) in [4.78, 5) is 2.37. The predicted octanol–water partition coefficient (Wildman–Crippen LogP) is 7.43. The van der Waals surface area contributed by atoms with Gasteiger partial charge in [0.2, 0.25) is 0 Å². The number of methoxy groups -OCH3 is 1. The zero-order valence-electron chi connectivity index (χ0n) is 27.2. The molecule has 0 radical (unpaired) electrons. The van der Waals surface area contributed by atoms with E-state index in [1.807, 2.05) is 24.3 Å². The van der Waals surface area contributed by atoms with E-state index in [-0.39, 0.29) is 11.8 Å². The molecule has 0 saturated carbocycles. The van der Waals surface area contributed by atoms with E-state index in [1.165, 1.54) is 5.56 Å². The second-order valence-electron chi connectivity index (χ2n) is 12.4. The van der Waals surface area contributed by atoms with Crippen LogP contribution in [0.5, 0.6) is 0 Å². The SMILES string of the molecule is COCCOCc1ccc([C@H]2[C@H](COC(c3ccccc3)(c3ccccc3)c3ccccc3)CN(Cc3ccccc3)C[C@@H]2O)cc1. The van der Waals surface area contributed by atoms with Gasteiger partial charge in [0.1, 0.15) is 5.60 Å². The average molecular weight is 628 g/mol. The molecule has 5 aromatic carbocycles. The van der Waals surface area contributed by atoms with Gasteiger partial charge in [0.25, 0.3) is 0 Å². The molecule has 47 heavy (non-hydrogen) atoms. The minimum Gasteiger partial charge on any atom is -0.391 e. The number of β-amino-alcohol motifs (C(OH)–C–C–N with tert-alkyl or cyclic N) is 1. The van der Waals surface area contributed by atoms with Crippen molar-refractivity contribution in [2.45, 2.75) is 30.8 Å². The number of nitrogens with zero attached hydrogens (tertiary/aromatic N) is 1. The van der Waals surface area contributed by atoms with Crippen LogP contribution in [0.3, 0.4) is 0 Å². The molecule has 3 atom stereocenters. The second-order valence-corrected chi connectivity index (χ2v) is 12.4. The summed E-state index contributed by atoms with van der Waals surface area (Å²) >= 11 is 0. The van der Waals surface area contributed by atoms with Gasteiger partial charge < -0.3 is 19.3 Å². The molecular weight excluding hydrogens is 582 g/mol. The third-order valence-corrected chi connectivity index (χ3v) is 9.23. The van der Waals surface area contributed by atoms with Crippen LogP contribution in [-0.4, -0.2) is 56.1 Å². The summed E-state index contributed by atoms with van der Waals surface area (Å²) in [6.45, 7) is 4.29. The summed E-state index contributed by atoms with van der Waals surface area (Å²) < 4.78 is 18.2. The van der Waals surface area contributed by atoms with Gasteiger partial charge in [-0.15, -0.1) is 0 Å². The maximum absolute atomic E-state index is 11.9. The fourth-order valence-electron chi connectivity index (χ4n) is 7.00. The van der Waals surface area contributed by atoms with Crippen molar-refractivity contribution in [3.05, 3.63) is 179 Å². The van der Waals surface area contributed by atoms with Crippen molar-refractivity contribution < 1.29 is 19.3 Å². The monoisotopic (exact) mass is 627 g/mol. The number of hydrogen-bond acceptors (Lipinski definition) is 5. The maximum atomic E-state index is 11.9. The lowest BCUT2D eigenvalue weighted by atomic mass is 9.77. The Morgan fingerprint density at radius 3 is 1.70 bits per heavy atom. The Hall–Kier alpha value is -4.10. The Morgan fingerprint density at radius 2 is 1.17 bits per heavy atom. The number of hydrogen-bond donors (Lipinski definition) is 1. The summed E-state index contributed by atoms with van der Waals surface area (Å²) in [5.41, 5.74) is 5.85. The molecule has 1 N–H and O–H groups in total. The van der Waals surface area contributed by atoms with Crippen molar-refractivity contribution in [2.24, 2.45) is 5.92 Å². The molecule has 5 heteroatoms. The van der Waals surface area contributed by atoms with Gasteiger partial charge in [0, 0.05) is 38.6 Å². The number of aliphatic hydroxyl groups excluding tert-OH is 1. The number of rotatable bonds is 14. The normalized spacial score (nSPS) is 18.6. The van der Waals surface area contributed by atoms with Crippen molar-refractivity contribution in [1.29, 1.82) is 0 Å². The van der Waals surface area contributed by atoms with E-state index in [0.29, 0.717) is 33.0 Å². The maximum Gasteiger partial charge on any atom is 0.143 e. The van der Waals surface area contributed by atoms with Gasteiger partial charge >= 0.3 is 0 Å². The van der Waals surface area contributed by atoms with Crippen molar-refractivity contribution in [1.82, 2.24) is 4.90 Å². The topological polar surface area (TPSA) is 51.2 Å².